The van der Waals surface area contributed by atoms with Gasteiger partial charge in [-0.3, -0.25) is 4.79 Å². The largest absolute Gasteiger partial charge is 0.493 e. The SMILES string of the molecule is COc1cc2c(cc1OC)C(=CC(=O)c1ccc(C(F)(F)F)cc1)NCC2. The van der Waals surface area contributed by atoms with Gasteiger partial charge in [-0.15, -0.1) is 0 Å². The molecule has 0 spiro atoms. The molecule has 0 saturated heterocycles. The maximum atomic E-state index is 12.7. The summed E-state index contributed by atoms with van der Waals surface area (Å²) >= 11 is 0. The summed E-state index contributed by atoms with van der Waals surface area (Å²) in [4.78, 5) is 12.5. The first-order valence-corrected chi connectivity index (χ1v) is 8.26. The molecular weight excluding hydrogens is 359 g/mol. The van der Waals surface area contributed by atoms with Crippen molar-refractivity contribution >= 4 is 11.5 Å². The van der Waals surface area contributed by atoms with Gasteiger partial charge in [0.05, 0.1) is 19.8 Å². The zero-order valence-electron chi connectivity index (χ0n) is 14.8. The molecule has 0 aliphatic carbocycles. The minimum absolute atomic E-state index is 0.185. The minimum Gasteiger partial charge on any atom is -0.493 e. The normalized spacial score (nSPS) is 15.1. The Balaban J connectivity index is 1.93. The van der Waals surface area contributed by atoms with Crippen molar-refractivity contribution < 1.29 is 27.4 Å². The lowest BCUT2D eigenvalue weighted by Crippen LogP contribution is -2.23. The zero-order valence-corrected chi connectivity index (χ0v) is 14.8. The highest BCUT2D eigenvalue weighted by molar-refractivity contribution is 6.08. The number of benzene rings is 2. The van der Waals surface area contributed by atoms with Crippen LogP contribution in [0.15, 0.2) is 42.5 Å². The summed E-state index contributed by atoms with van der Waals surface area (Å²) in [5, 5.41) is 3.16. The molecule has 0 saturated carbocycles. The van der Waals surface area contributed by atoms with Gasteiger partial charge in [-0.25, -0.2) is 0 Å². The lowest BCUT2D eigenvalue weighted by molar-refractivity contribution is -0.137. The summed E-state index contributed by atoms with van der Waals surface area (Å²) in [5.41, 5.74) is 1.80. The Morgan fingerprint density at radius 2 is 1.70 bits per heavy atom. The second-order valence-corrected chi connectivity index (χ2v) is 6.04. The van der Waals surface area contributed by atoms with Gasteiger partial charge in [-0.05, 0) is 36.2 Å². The van der Waals surface area contributed by atoms with E-state index in [4.69, 9.17) is 9.47 Å². The molecule has 0 radical (unpaired) electrons. The molecule has 1 aliphatic rings. The quantitative estimate of drug-likeness (QED) is 0.644. The van der Waals surface area contributed by atoms with E-state index in [1.807, 2.05) is 6.07 Å². The van der Waals surface area contributed by atoms with Gasteiger partial charge in [-0.2, -0.15) is 13.2 Å². The van der Waals surface area contributed by atoms with E-state index in [-0.39, 0.29) is 11.3 Å². The van der Waals surface area contributed by atoms with Gasteiger partial charge >= 0.3 is 6.18 Å². The number of rotatable bonds is 4. The van der Waals surface area contributed by atoms with E-state index >= 15 is 0 Å². The first kappa shape index (κ1) is 18.8. The van der Waals surface area contributed by atoms with E-state index in [0.717, 1.165) is 29.7 Å². The van der Waals surface area contributed by atoms with E-state index in [1.165, 1.54) is 25.3 Å². The maximum absolute atomic E-state index is 12.7. The maximum Gasteiger partial charge on any atom is 0.416 e. The lowest BCUT2D eigenvalue weighted by atomic mass is 9.95. The Hall–Kier alpha value is -2.96. The molecule has 0 fully saturated rings. The van der Waals surface area contributed by atoms with Gasteiger partial charge in [0.15, 0.2) is 17.3 Å². The molecule has 2 aromatic carbocycles. The summed E-state index contributed by atoms with van der Waals surface area (Å²) < 4.78 is 48.6. The third kappa shape index (κ3) is 3.92. The number of nitrogens with one attached hydrogen (secondary N) is 1. The van der Waals surface area contributed by atoms with Crippen molar-refractivity contribution in [2.45, 2.75) is 12.6 Å². The van der Waals surface area contributed by atoms with Gasteiger partial charge < -0.3 is 14.8 Å². The van der Waals surface area contributed by atoms with Gasteiger partial charge in [-0.1, -0.05) is 12.1 Å². The molecule has 0 bridgehead atoms. The van der Waals surface area contributed by atoms with E-state index in [1.54, 1.807) is 13.2 Å². The van der Waals surface area contributed by atoms with E-state index in [0.29, 0.717) is 23.7 Å². The Labute approximate surface area is 154 Å². The summed E-state index contributed by atoms with van der Waals surface area (Å²) in [6.45, 7) is 0.634. The van der Waals surface area contributed by atoms with Crippen LogP contribution in [0.4, 0.5) is 13.2 Å². The minimum atomic E-state index is -4.43. The first-order chi connectivity index (χ1) is 12.8. The van der Waals surface area contributed by atoms with Gasteiger partial charge in [0.1, 0.15) is 0 Å². The van der Waals surface area contributed by atoms with Crippen molar-refractivity contribution in [3.05, 3.63) is 64.7 Å². The number of ether oxygens (including phenoxy) is 2. The van der Waals surface area contributed by atoms with Gasteiger partial charge in [0, 0.05) is 29.4 Å². The van der Waals surface area contributed by atoms with Crippen molar-refractivity contribution in [3.63, 3.8) is 0 Å². The third-order valence-corrected chi connectivity index (χ3v) is 4.38. The molecular formula is C20H18F3NO3. The van der Waals surface area contributed by atoms with Crippen LogP contribution in [0.5, 0.6) is 11.5 Å². The number of hydrogen-bond acceptors (Lipinski definition) is 4. The highest BCUT2D eigenvalue weighted by atomic mass is 19.4. The van der Waals surface area contributed by atoms with Crippen LogP contribution in [-0.2, 0) is 12.6 Å². The number of allylic oxidation sites excluding steroid dienone is 1. The highest BCUT2D eigenvalue weighted by Gasteiger charge is 2.30. The van der Waals surface area contributed by atoms with Crippen molar-refractivity contribution in [2.24, 2.45) is 0 Å². The second kappa shape index (κ2) is 7.34. The molecule has 0 unspecified atom stereocenters. The number of ketones is 1. The van der Waals surface area contributed by atoms with Crippen LogP contribution in [0.2, 0.25) is 0 Å². The van der Waals surface area contributed by atoms with Crippen molar-refractivity contribution in [2.75, 3.05) is 20.8 Å². The van der Waals surface area contributed by atoms with Gasteiger partial charge in [0.2, 0.25) is 0 Å². The standard InChI is InChI=1S/C20H18F3NO3/c1-26-18-9-13-7-8-24-16(15(13)10-19(18)27-2)11-17(25)12-3-5-14(6-4-12)20(21,22)23/h3-6,9-11,24H,7-8H2,1-2H3. The fourth-order valence-electron chi connectivity index (χ4n) is 2.97. The van der Waals surface area contributed by atoms with Crippen LogP contribution in [0, 0.1) is 0 Å². The topological polar surface area (TPSA) is 47.6 Å². The number of carbonyl (C=O) groups excluding carboxylic acids is 1. The molecule has 27 heavy (non-hydrogen) atoms. The first-order valence-electron chi connectivity index (χ1n) is 8.26. The lowest BCUT2D eigenvalue weighted by Gasteiger charge is -2.23. The van der Waals surface area contributed by atoms with Crippen LogP contribution in [-0.4, -0.2) is 26.5 Å². The van der Waals surface area contributed by atoms with Crippen LogP contribution in [0.1, 0.15) is 27.0 Å². The zero-order chi connectivity index (χ0) is 19.6. The molecule has 7 heteroatoms. The van der Waals surface area contributed by atoms with Crippen LogP contribution in [0.3, 0.4) is 0 Å². The summed E-state index contributed by atoms with van der Waals surface area (Å²) in [5.74, 6) is 0.758. The fourth-order valence-corrected chi connectivity index (χ4v) is 2.97. The summed E-state index contributed by atoms with van der Waals surface area (Å²) in [7, 11) is 3.08. The molecule has 4 nitrogen and oxygen atoms in total. The molecule has 2 aromatic rings. The smallest absolute Gasteiger partial charge is 0.416 e. The average Bonchev–Trinajstić information content (AvgIpc) is 2.66. The Morgan fingerprint density at radius 1 is 1.07 bits per heavy atom. The molecule has 0 amide bonds. The van der Waals surface area contributed by atoms with E-state index < -0.39 is 11.7 Å². The third-order valence-electron chi connectivity index (χ3n) is 4.38. The van der Waals surface area contributed by atoms with Crippen LogP contribution < -0.4 is 14.8 Å². The van der Waals surface area contributed by atoms with Gasteiger partial charge in [0.25, 0.3) is 0 Å². The molecule has 1 aliphatic heterocycles. The van der Waals surface area contributed by atoms with Crippen molar-refractivity contribution in [1.29, 1.82) is 0 Å². The fraction of sp³-hybridized carbons (Fsp3) is 0.250. The molecule has 1 heterocycles. The monoisotopic (exact) mass is 377 g/mol. The van der Waals surface area contributed by atoms with E-state index in [9.17, 15) is 18.0 Å². The summed E-state index contributed by atoms with van der Waals surface area (Å²) in [6.07, 6.45) is -2.28. The Morgan fingerprint density at radius 3 is 2.30 bits per heavy atom. The number of carbonyl (C=O) groups is 1. The number of methoxy groups -OCH3 is 2. The number of alkyl halides is 3. The van der Waals surface area contributed by atoms with Crippen LogP contribution >= 0.6 is 0 Å². The predicted octanol–water partition coefficient (Wildman–Crippen LogP) is 4.09. The molecule has 3 rings (SSSR count). The highest BCUT2D eigenvalue weighted by Crippen LogP contribution is 2.35. The second-order valence-electron chi connectivity index (χ2n) is 6.04. The predicted molar refractivity (Wildman–Crippen MR) is 95.0 cm³/mol. The molecule has 1 N–H and O–H groups in total. The Bertz CT molecular complexity index is 887. The van der Waals surface area contributed by atoms with Crippen molar-refractivity contribution in [1.82, 2.24) is 5.32 Å². The number of fused-ring (bicyclic) bond motifs is 1. The van der Waals surface area contributed by atoms with Crippen LogP contribution in [0.25, 0.3) is 5.70 Å². The number of halogens is 3. The Kier molecular flexibility index (Phi) is 5.12. The average molecular weight is 377 g/mol. The molecule has 0 aromatic heterocycles. The van der Waals surface area contributed by atoms with E-state index in [2.05, 4.69) is 5.32 Å². The summed E-state index contributed by atoms with van der Waals surface area (Å²) in [6, 6.07) is 7.82. The molecule has 0 atom stereocenters. The number of hydrogen-bond donors (Lipinski definition) is 1. The molecule has 142 valence electrons. The van der Waals surface area contributed by atoms with Crippen molar-refractivity contribution in [3.8, 4) is 11.5 Å².